The second kappa shape index (κ2) is 61.2. The average molecular weight is 1150 g/mol. The van der Waals surface area contributed by atoms with Crippen LogP contribution in [0.4, 0.5) is 0 Å². The SMILES string of the molecule is CC/C=C\C/C=C\C/C=C\C/C=C\C/C=C\C/C=C\CCCCCCCCCCCCCCCCC(=O)NC(COC1OC(CO)C(O)C(O)C1O)C(O)/C=C/CC/C=C/CCCCCCCCCCCCCCCCCCCCCC. The molecule has 0 aromatic heterocycles. The number of carbonyl (C=O) groups is 1. The van der Waals surface area contributed by atoms with Crippen molar-refractivity contribution < 1.29 is 39.8 Å². The summed E-state index contributed by atoms with van der Waals surface area (Å²) in [6.07, 6.45) is 82.2. The number of carbonyl (C=O) groups excluding carboxylic acids is 1. The van der Waals surface area contributed by atoms with E-state index in [-0.39, 0.29) is 12.5 Å². The van der Waals surface area contributed by atoms with Crippen molar-refractivity contribution >= 4 is 5.91 Å². The quantitative estimate of drug-likeness (QED) is 0.0261. The molecule has 1 amide bonds. The first-order valence-corrected chi connectivity index (χ1v) is 34.5. The van der Waals surface area contributed by atoms with Gasteiger partial charge >= 0.3 is 0 Å². The van der Waals surface area contributed by atoms with Crippen molar-refractivity contribution in [2.75, 3.05) is 13.2 Å². The number of aliphatic hydroxyl groups excluding tert-OH is 5. The van der Waals surface area contributed by atoms with Crippen LogP contribution in [0.15, 0.2) is 97.2 Å². The number of hydrogen-bond donors (Lipinski definition) is 6. The zero-order valence-corrected chi connectivity index (χ0v) is 53.0. The van der Waals surface area contributed by atoms with E-state index >= 15 is 0 Å². The number of allylic oxidation sites excluding steroid dienone is 15. The molecule has 9 nitrogen and oxygen atoms in total. The van der Waals surface area contributed by atoms with Crippen LogP contribution in [0.5, 0.6) is 0 Å². The van der Waals surface area contributed by atoms with Crippen molar-refractivity contribution in [1.29, 1.82) is 0 Å². The van der Waals surface area contributed by atoms with Crippen molar-refractivity contribution in [3.05, 3.63) is 97.2 Å². The molecule has 0 aromatic carbocycles. The molecule has 82 heavy (non-hydrogen) atoms. The molecule has 7 atom stereocenters. The van der Waals surface area contributed by atoms with Gasteiger partial charge in [-0.05, 0) is 83.5 Å². The van der Waals surface area contributed by atoms with Gasteiger partial charge in [-0.2, -0.15) is 0 Å². The van der Waals surface area contributed by atoms with E-state index in [2.05, 4.69) is 104 Å². The van der Waals surface area contributed by atoms with Crippen molar-refractivity contribution in [3.8, 4) is 0 Å². The summed E-state index contributed by atoms with van der Waals surface area (Å²) in [5, 5.41) is 54.7. The summed E-state index contributed by atoms with van der Waals surface area (Å²) in [6.45, 7) is 3.68. The number of aliphatic hydroxyl groups is 5. The van der Waals surface area contributed by atoms with Crippen molar-refractivity contribution in [1.82, 2.24) is 5.32 Å². The molecule has 0 bridgehead atoms. The highest BCUT2D eigenvalue weighted by Gasteiger charge is 2.44. The third kappa shape index (κ3) is 49.4. The molecule has 474 valence electrons. The molecule has 7 unspecified atom stereocenters. The lowest BCUT2D eigenvalue weighted by molar-refractivity contribution is -0.302. The predicted molar refractivity (Wildman–Crippen MR) is 350 cm³/mol. The maximum Gasteiger partial charge on any atom is 0.220 e. The van der Waals surface area contributed by atoms with Crippen LogP contribution in [-0.2, 0) is 14.3 Å². The second-order valence-electron chi connectivity index (χ2n) is 23.6. The molecule has 0 aliphatic carbocycles. The Morgan fingerprint density at radius 3 is 1.17 bits per heavy atom. The zero-order valence-electron chi connectivity index (χ0n) is 53.0. The van der Waals surface area contributed by atoms with E-state index in [1.807, 2.05) is 6.08 Å². The van der Waals surface area contributed by atoms with Crippen molar-refractivity contribution in [3.63, 3.8) is 0 Å². The fourth-order valence-corrected chi connectivity index (χ4v) is 10.5. The summed E-state index contributed by atoms with van der Waals surface area (Å²) in [7, 11) is 0. The molecule has 0 spiro atoms. The van der Waals surface area contributed by atoms with E-state index in [0.717, 1.165) is 77.0 Å². The van der Waals surface area contributed by atoms with Crippen LogP contribution in [0, 0.1) is 0 Å². The zero-order chi connectivity index (χ0) is 59.3. The van der Waals surface area contributed by atoms with E-state index in [0.29, 0.717) is 6.42 Å². The van der Waals surface area contributed by atoms with Crippen LogP contribution in [0.3, 0.4) is 0 Å². The lowest BCUT2D eigenvalue weighted by Crippen LogP contribution is -2.60. The minimum absolute atomic E-state index is 0.187. The number of amides is 1. The highest BCUT2D eigenvalue weighted by molar-refractivity contribution is 5.76. The van der Waals surface area contributed by atoms with Gasteiger partial charge in [-0.15, -0.1) is 0 Å². The molecule has 1 aliphatic heterocycles. The standard InChI is InChI=1S/C73H129NO8/c1-3-5-7-9-11-13-15-17-19-21-23-25-27-29-31-32-33-34-35-36-37-39-41-43-45-47-49-51-53-55-57-59-61-63-69(77)74-66(65-81-73-72(80)71(79)70(78)68(64-75)82-73)67(76)62-60-58-56-54-52-50-48-46-44-42-40-38-30-28-26-24-22-20-18-16-14-12-10-8-6-4-2/h5,7,11,13,17,19,23,25,29,31,33-34,52,54,60,62,66-68,70-73,75-76,78-80H,3-4,6,8-10,12,14-16,18,20-22,24,26-28,30,32,35-51,53,55-59,61,63-65H2,1-2H3,(H,74,77)/b7-5-,13-11-,19-17-,25-23-,31-29-,34-33-,54-52+,62-60+. The third-order valence-corrected chi connectivity index (χ3v) is 15.9. The molecule has 0 aromatic rings. The van der Waals surface area contributed by atoms with Crippen molar-refractivity contribution in [2.24, 2.45) is 0 Å². The maximum absolute atomic E-state index is 13.1. The van der Waals surface area contributed by atoms with E-state index in [9.17, 15) is 30.3 Å². The Bertz CT molecular complexity index is 1620. The van der Waals surface area contributed by atoms with Gasteiger partial charge in [-0.1, -0.05) is 310 Å². The lowest BCUT2D eigenvalue weighted by atomic mass is 9.99. The highest BCUT2D eigenvalue weighted by Crippen LogP contribution is 2.23. The molecule has 6 N–H and O–H groups in total. The number of hydrogen-bond acceptors (Lipinski definition) is 8. The van der Waals surface area contributed by atoms with Crippen LogP contribution < -0.4 is 5.32 Å². The molecular weight excluding hydrogens is 1020 g/mol. The minimum atomic E-state index is -1.58. The molecular formula is C73H129NO8. The van der Waals surface area contributed by atoms with Crippen LogP contribution in [0.2, 0.25) is 0 Å². The number of nitrogens with one attached hydrogen (secondary N) is 1. The largest absolute Gasteiger partial charge is 0.394 e. The Hall–Kier alpha value is -2.89. The first-order chi connectivity index (χ1) is 40.3. The third-order valence-electron chi connectivity index (χ3n) is 15.9. The fourth-order valence-electron chi connectivity index (χ4n) is 10.5. The van der Waals surface area contributed by atoms with Gasteiger partial charge in [0.2, 0.25) is 5.91 Å². The summed E-state index contributed by atoms with van der Waals surface area (Å²) in [6, 6.07) is -0.829. The Kier molecular flexibility index (Phi) is 57.6. The molecule has 1 heterocycles. The maximum atomic E-state index is 13.1. The van der Waals surface area contributed by atoms with Gasteiger partial charge in [0.25, 0.3) is 0 Å². The van der Waals surface area contributed by atoms with Gasteiger partial charge in [0.1, 0.15) is 24.4 Å². The number of ether oxygens (including phenoxy) is 2. The van der Waals surface area contributed by atoms with Crippen LogP contribution in [0.1, 0.15) is 303 Å². The van der Waals surface area contributed by atoms with Gasteiger partial charge < -0.3 is 40.3 Å². The summed E-state index contributed by atoms with van der Waals surface area (Å²) in [5.74, 6) is -0.187. The molecule has 1 aliphatic rings. The van der Waals surface area contributed by atoms with Crippen LogP contribution >= 0.6 is 0 Å². The predicted octanol–water partition coefficient (Wildman–Crippen LogP) is 18.7. The van der Waals surface area contributed by atoms with Crippen LogP contribution in [0.25, 0.3) is 0 Å². The summed E-state index contributed by atoms with van der Waals surface area (Å²) < 4.78 is 11.3. The topological polar surface area (TPSA) is 149 Å². The Balaban J connectivity index is 2.16. The molecule has 1 rings (SSSR count). The Morgan fingerprint density at radius 2 is 0.768 bits per heavy atom. The van der Waals surface area contributed by atoms with Gasteiger partial charge in [-0.25, -0.2) is 0 Å². The average Bonchev–Trinajstić information content (AvgIpc) is 3.57. The Labute approximate surface area is 504 Å². The summed E-state index contributed by atoms with van der Waals surface area (Å²) in [4.78, 5) is 13.1. The van der Waals surface area contributed by atoms with Gasteiger partial charge in [-0.3, -0.25) is 4.79 Å². The molecule has 1 fully saturated rings. The first kappa shape index (κ1) is 77.1. The highest BCUT2D eigenvalue weighted by atomic mass is 16.7. The summed E-state index contributed by atoms with van der Waals surface area (Å²) in [5.41, 5.74) is 0. The van der Waals surface area contributed by atoms with Gasteiger partial charge in [0.05, 0.1) is 25.4 Å². The Morgan fingerprint density at radius 1 is 0.427 bits per heavy atom. The molecule has 0 radical (unpaired) electrons. The monoisotopic (exact) mass is 1150 g/mol. The fraction of sp³-hybridized carbons (Fsp3) is 0.767. The minimum Gasteiger partial charge on any atom is -0.394 e. The molecule has 9 heteroatoms. The van der Waals surface area contributed by atoms with E-state index in [4.69, 9.17) is 9.47 Å². The number of rotatable bonds is 59. The van der Waals surface area contributed by atoms with E-state index in [1.165, 1.54) is 205 Å². The van der Waals surface area contributed by atoms with E-state index in [1.54, 1.807) is 6.08 Å². The second-order valence-corrected chi connectivity index (χ2v) is 23.6. The lowest BCUT2D eigenvalue weighted by Gasteiger charge is -2.40. The van der Waals surface area contributed by atoms with Gasteiger partial charge in [0, 0.05) is 6.42 Å². The molecule has 0 saturated carbocycles. The van der Waals surface area contributed by atoms with Crippen LogP contribution in [-0.4, -0.2) is 87.5 Å². The normalized spacial score (nSPS) is 18.9. The number of unbranched alkanes of at least 4 members (excludes halogenated alkanes) is 35. The first-order valence-electron chi connectivity index (χ1n) is 34.5. The van der Waals surface area contributed by atoms with E-state index < -0.39 is 49.5 Å². The van der Waals surface area contributed by atoms with Crippen molar-refractivity contribution in [2.45, 2.75) is 346 Å². The van der Waals surface area contributed by atoms with Gasteiger partial charge in [0.15, 0.2) is 6.29 Å². The smallest absolute Gasteiger partial charge is 0.220 e. The summed E-state index contributed by atoms with van der Waals surface area (Å²) >= 11 is 0. The molecule has 1 saturated heterocycles.